The monoisotopic (exact) mass is 356 g/mol. The highest BCUT2D eigenvalue weighted by Crippen LogP contribution is 2.30. The molecule has 1 heterocycles. The molecule has 0 spiro atoms. The molecule has 0 bridgehead atoms. The quantitative estimate of drug-likeness (QED) is 0.669. The molecule has 0 aliphatic carbocycles. The number of rotatable bonds is 4. The molecule has 2 aromatic rings. The van der Waals surface area contributed by atoms with Crippen molar-refractivity contribution in [2.24, 2.45) is 0 Å². The van der Waals surface area contributed by atoms with Gasteiger partial charge < -0.3 is 5.32 Å². The van der Waals surface area contributed by atoms with Crippen molar-refractivity contribution in [1.29, 1.82) is 0 Å². The molecular weight excluding hydrogens is 341 g/mol. The van der Waals surface area contributed by atoms with Crippen LogP contribution in [-0.4, -0.2) is 20.6 Å². The zero-order chi connectivity index (χ0) is 18.9. The van der Waals surface area contributed by atoms with Crippen LogP contribution in [-0.2, 0) is 11.0 Å². The third-order valence-electron chi connectivity index (χ3n) is 3.57. The third-order valence-corrected chi connectivity index (χ3v) is 3.57. The lowest BCUT2D eigenvalue weighted by Crippen LogP contribution is -2.26. The minimum atomic E-state index is -4.62. The van der Waals surface area contributed by atoms with Gasteiger partial charge in [-0.15, -0.1) is 0 Å². The highest BCUT2D eigenvalue weighted by atomic mass is 19.4. The average molecular weight is 356 g/mol. The molecule has 0 aliphatic rings. The maximum atomic E-state index is 12.7. The summed E-state index contributed by atoms with van der Waals surface area (Å²) in [6.07, 6.45) is -4.62. The van der Waals surface area contributed by atoms with Crippen molar-refractivity contribution in [3.05, 3.63) is 51.3 Å². The first-order valence-electron chi connectivity index (χ1n) is 7.20. The minimum Gasteiger partial charge on any atom is -0.319 e. The van der Waals surface area contributed by atoms with Crippen molar-refractivity contribution in [3.8, 4) is 0 Å². The lowest BCUT2D eigenvalue weighted by atomic mass is 10.2. The summed E-state index contributed by atoms with van der Waals surface area (Å²) >= 11 is 0. The number of nitrogens with zero attached hydrogens (tertiary/aromatic N) is 3. The predicted molar refractivity (Wildman–Crippen MR) is 83.1 cm³/mol. The van der Waals surface area contributed by atoms with Gasteiger partial charge in [-0.1, -0.05) is 6.07 Å². The Morgan fingerprint density at radius 2 is 1.96 bits per heavy atom. The van der Waals surface area contributed by atoms with Crippen molar-refractivity contribution >= 4 is 17.3 Å². The summed E-state index contributed by atoms with van der Waals surface area (Å²) in [5.41, 5.74) is -0.656. The number of benzene rings is 1. The summed E-state index contributed by atoms with van der Waals surface area (Å²) in [4.78, 5) is 22.7. The Morgan fingerprint density at radius 1 is 1.32 bits per heavy atom. The number of hydrogen-bond acceptors (Lipinski definition) is 4. The van der Waals surface area contributed by atoms with Crippen LogP contribution in [0.3, 0.4) is 0 Å². The summed E-state index contributed by atoms with van der Waals surface area (Å²) in [7, 11) is 0. The maximum Gasteiger partial charge on any atom is 0.435 e. The van der Waals surface area contributed by atoms with E-state index in [-0.39, 0.29) is 17.1 Å². The zero-order valence-electron chi connectivity index (χ0n) is 13.6. The predicted octanol–water partition coefficient (Wildman–Crippen LogP) is 3.63. The van der Waals surface area contributed by atoms with E-state index < -0.39 is 28.7 Å². The lowest BCUT2D eigenvalue weighted by molar-refractivity contribution is -0.384. The van der Waals surface area contributed by atoms with E-state index in [2.05, 4.69) is 10.4 Å². The van der Waals surface area contributed by atoms with Gasteiger partial charge in [-0.3, -0.25) is 19.6 Å². The van der Waals surface area contributed by atoms with E-state index in [0.29, 0.717) is 5.56 Å². The second kappa shape index (κ2) is 6.54. The van der Waals surface area contributed by atoms with Crippen LogP contribution in [0.5, 0.6) is 0 Å². The molecule has 2 rings (SSSR count). The van der Waals surface area contributed by atoms with Crippen molar-refractivity contribution in [2.75, 3.05) is 5.32 Å². The second-order valence-electron chi connectivity index (χ2n) is 5.56. The first-order chi connectivity index (χ1) is 11.5. The molecule has 0 radical (unpaired) electrons. The van der Waals surface area contributed by atoms with Crippen LogP contribution < -0.4 is 5.32 Å². The van der Waals surface area contributed by atoms with Crippen molar-refractivity contribution < 1.29 is 22.9 Å². The molecule has 0 aliphatic heterocycles. The molecule has 10 heteroatoms. The van der Waals surface area contributed by atoms with Gasteiger partial charge in [-0.2, -0.15) is 18.3 Å². The molecule has 25 heavy (non-hydrogen) atoms. The zero-order valence-corrected chi connectivity index (χ0v) is 13.6. The number of carbonyl (C=O) groups is 1. The number of amides is 1. The van der Waals surface area contributed by atoms with Gasteiger partial charge in [0.25, 0.3) is 5.69 Å². The number of nitro benzene ring substituents is 1. The number of carbonyl (C=O) groups excluding carboxylic acids is 1. The molecule has 1 aromatic heterocycles. The molecule has 0 fully saturated rings. The van der Waals surface area contributed by atoms with Crippen LogP contribution in [0.2, 0.25) is 0 Å². The van der Waals surface area contributed by atoms with Gasteiger partial charge in [-0.05, 0) is 38.5 Å². The fourth-order valence-electron chi connectivity index (χ4n) is 2.27. The molecule has 1 N–H and O–H groups in total. The van der Waals surface area contributed by atoms with E-state index in [1.54, 1.807) is 13.0 Å². The fraction of sp³-hybridized carbons (Fsp3) is 0.333. The number of anilines is 1. The van der Waals surface area contributed by atoms with Crippen LogP contribution >= 0.6 is 0 Å². The number of alkyl halides is 3. The first-order valence-corrected chi connectivity index (χ1v) is 7.20. The van der Waals surface area contributed by atoms with Gasteiger partial charge >= 0.3 is 6.18 Å². The molecule has 1 amide bonds. The maximum absolute atomic E-state index is 12.7. The minimum absolute atomic E-state index is 0.0340. The topological polar surface area (TPSA) is 90.1 Å². The number of nitrogens with one attached hydrogen (secondary N) is 1. The van der Waals surface area contributed by atoms with E-state index in [9.17, 15) is 28.1 Å². The van der Waals surface area contributed by atoms with Crippen LogP contribution in [0.25, 0.3) is 0 Å². The molecule has 7 nitrogen and oxygen atoms in total. The van der Waals surface area contributed by atoms with E-state index in [4.69, 9.17) is 0 Å². The van der Waals surface area contributed by atoms with E-state index in [1.165, 1.54) is 26.0 Å². The van der Waals surface area contributed by atoms with E-state index in [0.717, 1.165) is 10.7 Å². The normalized spacial score (nSPS) is 12.7. The number of aromatic nitrogens is 2. The third kappa shape index (κ3) is 3.95. The Hall–Kier alpha value is -2.91. The number of halogens is 3. The van der Waals surface area contributed by atoms with Crippen molar-refractivity contribution in [1.82, 2.24) is 9.78 Å². The highest BCUT2D eigenvalue weighted by Gasteiger charge is 2.35. The Morgan fingerprint density at radius 3 is 2.48 bits per heavy atom. The molecule has 1 unspecified atom stereocenters. The standard InChI is InChI=1S/C15H15F3N4O3/c1-8-4-5-11(12(6-8)22(24)25)19-14(23)10(3)21-9(2)7-13(20-21)15(16,17)18/h4-7,10H,1-3H3,(H,19,23). The first kappa shape index (κ1) is 18.4. The second-order valence-corrected chi connectivity index (χ2v) is 5.56. The Labute approximate surface area is 140 Å². The van der Waals surface area contributed by atoms with Gasteiger partial charge in [0, 0.05) is 11.8 Å². The van der Waals surface area contributed by atoms with Gasteiger partial charge in [0.2, 0.25) is 5.91 Å². The van der Waals surface area contributed by atoms with Gasteiger partial charge in [0.1, 0.15) is 11.7 Å². The molecule has 0 saturated carbocycles. The largest absolute Gasteiger partial charge is 0.435 e. The van der Waals surface area contributed by atoms with E-state index in [1.807, 2.05) is 0 Å². The summed E-state index contributed by atoms with van der Waals surface area (Å²) < 4.78 is 39.1. The van der Waals surface area contributed by atoms with Crippen LogP contribution in [0, 0.1) is 24.0 Å². The smallest absolute Gasteiger partial charge is 0.319 e. The fourth-order valence-corrected chi connectivity index (χ4v) is 2.27. The lowest BCUT2D eigenvalue weighted by Gasteiger charge is -2.15. The summed E-state index contributed by atoms with van der Waals surface area (Å²) in [5.74, 6) is -0.716. The van der Waals surface area contributed by atoms with Crippen LogP contribution in [0.4, 0.5) is 24.5 Å². The SMILES string of the molecule is Cc1ccc(NC(=O)C(C)n2nc(C(F)(F)F)cc2C)c([N+](=O)[O-])c1. The summed E-state index contributed by atoms with van der Waals surface area (Å²) in [6, 6.07) is 3.99. The van der Waals surface area contributed by atoms with Gasteiger partial charge in [0.05, 0.1) is 4.92 Å². The Balaban J connectivity index is 2.28. The van der Waals surface area contributed by atoms with Gasteiger partial charge in [0.15, 0.2) is 5.69 Å². The number of aryl methyl sites for hydroxylation is 2. The molecule has 1 atom stereocenters. The Bertz CT molecular complexity index is 830. The average Bonchev–Trinajstić information content (AvgIpc) is 2.90. The number of hydrogen-bond donors (Lipinski definition) is 1. The molecule has 134 valence electrons. The number of nitro groups is 1. The highest BCUT2D eigenvalue weighted by molar-refractivity contribution is 5.95. The van der Waals surface area contributed by atoms with Crippen LogP contribution in [0.15, 0.2) is 24.3 Å². The molecule has 0 saturated heterocycles. The van der Waals surface area contributed by atoms with Crippen molar-refractivity contribution in [3.63, 3.8) is 0 Å². The van der Waals surface area contributed by atoms with E-state index >= 15 is 0 Å². The summed E-state index contributed by atoms with van der Waals surface area (Å²) in [5, 5.41) is 16.9. The summed E-state index contributed by atoms with van der Waals surface area (Å²) in [6.45, 7) is 4.41. The Kier molecular flexibility index (Phi) is 4.82. The van der Waals surface area contributed by atoms with Crippen LogP contribution in [0.1, 0.15) is 29.9 Å². The molecular formula is C15H15F3N4O3. The molecule has 1 aromatic carbocycles. The van der Waals surface area contributed by atoms with Crippen molar-refractivity contribution in [2.45, 2.75) is 33.0 Å². The van der Waals surface area contributed by atoms with Gasteiger partial charge in [-0.25, -0.2) is 0 Å².